The van der Waals surface area contributed by atoms with Crippen molar-refractivity contribution in [2.45, 2.75) is 6.92 Å². The molecule has 2 aliphatic carbocycles. The van der Waals surface area contributed by atoms with Crippen LogP contribution in [0.15, 0.2) is 47.6 Å². The molecule has 3 rings (SSSR count). The quantitative estimate of drug-likeness (QED) is 0.676. The van der Waals surface area contributed by atoms with Gasteiger partial charge in [-0.1, -0.05) is 35.9 Å². The van der Waals surface area contributed by atoms with Crippen molar-refractivity contribution in [3.63, 3.8) is 0 Å². The van der Waals surface area contributed by atoms with Gasteiger partial charge in [0.1, 0.15) is 0 Å². The van der Waals surface area contributed by atoms with Crippen molar-refractivity contribution in [2.24, 2.45) is 0 Å². The molecule has 0 bridgehead atoms. The van der Waals surface area contributed by atoms with E-state index in [0.29, 0.717) is 16.7 Å². The van der Waals surface area contributed by atoms with Crippen LogP contribution in [0, 0.1) is 6.92 Å². The molecule has 0 heterocycles. The maximum absolute atomic E-state index is 12.2. The van der Waals surface area contributed by atoms with Crippen LogP contribution in [-0.2, 0) is 4.79 Å². The number of fused-ring (bicyclic) bond motifs is 2. The Morgan fingerprint density at radius 1 is 1.06 bits per heavy atom. The molecular formula is C15H10O2. The second-order valence-electron chi connectivity index (χ2n) is 4.28. The summed E-state index contributed by atoms with van der Waals surface area (Å²) in [5.41, 5.74) is 3.61. The largest absolute Gasteiger partial charge is 0.289 e. The fourth-order valence-corrected chi connectivity index (χ4v) is 2.20. The molecule has 2 nitrogen and oxygen atoms in total. The Balaban J connectivity index is 2.29. The van der Waals surface area contributed by atoms with Crippen LogP contribution in [0.4, 0.5) is 0 Å². The Labute approximate surface area is 99.0 Å². The third-order valence-electron chi connectivity index (χ3n) is 3.06. The summed E-state index contributed by atoms with van der Waals surface area (Å²) in [5, 5.41) is 0. The van der Waals surface area contributed by atoms with E-state index in [4.69, 9.17) is 0 Å². The molecule has 0 amide bonds. The number of allylic oxidation sites excluding steroid dienone is 5. The van der Waals surface area contributed by atoms with Gasteiger partial charge in [0.25, 0.3) is 0 Å². The Bertz CT molecular complexity index is 643. The number of aryl methyl sites for hydroxylation is 1. The normalized spacial score (nSPS) is 17.2. The molecule has 0 spiro atoms. The molecule has 82 valence electrons. The monoisotopic (exact) mass is 222 g/mol. The lowest BCUT2D eigenvalue weighted by Crippen LogP contribution is -2.18. The molecule has 0 radical (unpaired) electrons. The van der Waals surface area contributed by atoms with Crippen molar-refractivity contribution in [1.82, 2.24) is 0 Å². The van der Waals surface area contributed by atoms with E-state index in [1.54, 1.807) is 18.2 Å². The molecule has 2 aliphatic rings. The topological polar surface area (TPSA) is 34.1 Å². The maximum atomic E-state index is 12.2. The van der Waals surface area contributed by atoms with E-state index in [-0.39, 0.29) is 11.6 Å². The fraction of sp³-hybridized carbons (Fsp3) is 0.0667. The molecule has 0 saturated carbocycles. The SMILES string of the molecule is Cc1ccc2c(c1)C=C1C(=O)C=CC=C1C2=O. The zero-order chi connectivity index (χ0) is 12.0. The molecule has 0 atom stereocenters. The average Bonchev–Trinajstić information content (AvgIpc) is 2.30. The number of hydrogen-bond acceptors (Lipinski definition) is 2. The second-order valence-corrected chi connectivity index (χ2v) is 4.28. The second kappa shape index (κ2) is 3.39. The van der Waals surface area contributed by atoms with E-state index in [0.717, 1.165) is 11.1 Å². The number of rotatable bonds is 0. The van der Waals surface area contributed by atoms with Gasteiger partial charge in [-0.25, -0.2) is 0 Å². The summed E-state index contributed by atoms with van der Waals surface area (Å²) in [6, 6.07) is 5.67. The van der Waals surface area contributed by atoms with E-state index in [1.807, 2.05) is 25.1 Å². The van der Waals surface area contributed by atoms with Crippen molar-refractivity contribution in [1.29, 1.82) is 0 Å². The zero-order valence-electron chi connectivity index (χ0n) is 9.36. The van der Waals surface area contributed by atoms with Gasteiger partial charge in [0.05, 0.1) is 0 Å². The number of carbonyl (C=O) groups excluding carboxylic acids is 2. The smallest absolute Gasteiger partial charge is 0.194 e. The first-order chi connectivity index (χ1) is 8.16. The summed E-state index contributed by atoms with van der Waals surface area (Å²) in [6.07, 6.45) is 6.63. The number of hydrogen-bond donors (Lipinski definition) is 0. The average molecular weight is 222 g/mol. The van der Waals surface area contributed by atoms with Gasteiger partial charge in [-0.05, 0) is 24.6 Å². The van der Waals surface area contributed by atoms with Crippen LogP contribution in [0.3, 0.4) is 0 Å². The van der Waals surface area contributed by atoms with Gasteiger partial charge in [0, 0.05) is 16.7 Å². The number of Topliss-reactive ketones (excluding diaryl/α,β-unsaturated/α-hetero) is 1. The Kier molecular flexibility index (Phi) is 1.99. The summed E-state index contributed by atoms with van der Waals surface area (Å²) in [6.45, 7) is 1.97. The lowest BCUT2D eigenvalue weighted by Gasteiger charge is -2.19. The van der Waals surface area contributed by atoms with Crippen molar-refractivity contribution >= 4 is 17.6 Å². The van der Waals surface area contributed by atoms with Crippen LogP contribution in [0.1, 0.15) is 21.5 Å². The predicted molar refractivity (Wildman–Crippen MR) is 65.7 cm³/mol. The molecule has 0 unspecified atom stereocenters. The molecule has 1 aromatic rings. The van der Waals surface area contributed by atoms with Crippen molar-refractivity contribution in [2.75, 3.05) is 0 Å². The first-order valence-corrected chi connectivity index (χ1v) is 5.47. The van der Waals surface area contributed by atoms with Crippen molar-refractivity contribution < 1.29 is 9.59 Å². The summed E-state index contributed by atoms with van der Waals surface area (Å²) in [4.78, 5) is 23.9. The number of benzene rings is 1. The third kappa shape index (κ3) is 1.41. The zero-order valence-corrected chi connectivity index (χ0v) is 9.36. The molecule has 0 N–H and O–H groups in total. The molecule has 17 heavy (non-hydrogen) atoms. The minimum Gasteiger partial charge on any atom is -0.289 e. The number of ketones is 2. The highest BCUT2D eigenvalue weighted by Crippen LogP contribution is 2.31. The van der Waals surface area contributed by atoms with E-state index >= 15 is 0 Å². The number of carbonyl (C=O) groups is 2. The highest BCUT2D eigenvalue weighted by Gasteiger charge is 2.27. The highest BCUT2D eigenvalue weighted by atomic mass is 16.1. The molecule has 2 heteroatoms. The van der Waals surface area contributed by atoms with E-state index in [2.05, 4.69) is 0 Å². The lowest BCUT2D eigenvalue weighted by atomic mass is 9.82. The van der Waals surface area contributed by atoms with Gasteiger partial charge in [-0.3, -0.25) is 9.59 Å². The maximum Gasteiger partial charge on any atom is 0.194 e. The lowest BCUT2D eigenvalue weighted by molar-refractivity contribution is -0.111. The van der Waals surface area contributed by atoms with Crippen LogP contribution in [0.25, 0.3) is 6.08 Å². The Hall–Kier alpha value is -2.22. The van der Waals surface area contributed by atoms with E-state index in [9.17, 15) is 9.59 Å². The highest BCUT2D eigenvalue weighted by molar-refractivity contribution is 6.27. The molecule has 0 fully saturated rings. The first-order valence-electron chi connectivity index (χ1n) is 5.47. The Morgan fingerprint density at radius 2 is 1.88 bits per heavy atom. The van der Waals surface area contributed by atoms with Gasteiger partial charge in [-0.15, -0.1) is 0 Å². The molecule has 0 aliphatic heterocycles. The third-order valence-corrected chi connectivity index (χ3v) is 3.06. The van der Waals surface area contributed by atoms with Crippen LogP contribution in [-0.4, -0.2) is 11.6 Å². The summed E-state index contributed by atoms with van der Waals surface area (Å²) < 4.78 is 0. The van der Waals surface area contributed by atoms with Gasteiger partial charge < -0.3 is 0 Å². The van der Waals surface area contributed by atoms with Crippen LogP contribution in [0.5, 0.6) is 0 Å². The molecule has 0 aromatic heterocycles. The summed E-state index contributed by atoms with van der Waals surface area (Å²) >= 11 is 0. The van der Waals surface area contributed by atoms with Crippen LogP contribution >= 0.6 is 0 Å². The summed E-state index contributed by atoms with van der Waals surface area (Å²) in [5.74, 6) is -0.154. The van der Waals surface area contributed by atoms with Crippen LogP contribution in [0.2, 0.25) is 0 Å². The summed E-state index contributed by atoms with van der Waals surface area (Å²) in [7, 11) is 0. The van der Waals surface area contributed by atoms with Crippen molar-refractivity contribution in [3.05, 3.63) is 64.3 Å². The van der Waals surface area contributed by atoms with Gasteiger partial charge >= 0.3 is 0 Å². The van der Waals surface area contributed by atoms with Gasteiger partial charge in [0.15, 0.2) is 11.6 Å². The first kappa shape index (κ1) is 9.97. The van der Waals surface area contributed by atoms with Crippen LogP contribution < -0.4 is 0 Å². The van der Waals surface area contributed by atoms with E-state index in [1.165, 1.54) is 6.08 Å². The molecular weight excluding hydrogens is 212 g/mol. The van der Waals surface area contributed by atoms with Gasteiger partial charge in [0.2, 0.25) is 0 Å². The van der Waals surface area contributed by atoms with E-state index < -0.39 is 0 Å². The predicted octanol–water partition coefficient (Wildman–Crippen LogP) is 2.64. The van der Waals surface area contributed by atoms with Gasteiger partial charge in [-0.2, -0.15) is 0 Å². The fourth-order valence-electron chi connectivity index (χ4n) is 2.20. The minimum absolute atomic E-state index is 0.0600. The molecule has 1 aromatic carbocycles. The van der Waals surface area contributed by atoms with Crippen molar-refractivity contribution in [3.8, 4) is 0 Å². The Morgan fingerprint density at radius 3 is 2.71 bits per heavy atom. The standard InChI is InChI=1S/C15H10O2/c1-9-5-6-11-10(7-9)8-13-12(15(11)17)3-2-4-14(13)16/h2-8H,1H3. The molecule has 0 saturated heterocycles. The minimum atomic E-state index is -0.0944.